The van der Waals surface area contributed by atoms with E-state index in [0.717, 1.165) is 68.5 Å². The molecule has 0 saturated carbocycles. The minimum atomic E-state index is -0.0189. The van der Waals surface area contributed by atoms with Crippen molar-refractivity contribution in [2.45, 2.75) is 44.3 Å². The van der Waals surface area contributed by atoms with Gasteiger partial charge in [0.25, 0.3) is 13.0 Å². The van der Waals surface area contributed by atoms with E-state index >= 15 is 0 Å². The highest BCUT2D eigenvalue weighted by atomic mass is 16.1. The van der Waals surface area contributed by atoms with Crippen molar-refractivity contribution in [2.75, 3.05) is 31.1 Å². The Bertz CT molecular complexity index is 1330. The van der Waals surface area contributed by atoms with Gasteiger partial charge in [-0.2, -0.15) is 0 Å². The molecule has 1 aromatic carbocycles. The molecule has 35 heavy (non-hydrogen) atoms. The predicted molar refractivity (Wildman–Crippen MR) is 139 cm³/mol. The fourth-order valence-corrected chi connectivity index (χ4v) is 6.39. The van der Waals surface area contributed by atoms with E-state index in [0.29, 0.717) is 18.0 Å². The van der Waals surface area contributed by atoms with Gasteiger partial charge in [-0.15, -0.1) is 0 Å². The Hall–Kier alpha value is -2.97. The number of piperazine rings is 1. The molecule has 3 aliphatic rings. The van der Waals surface area contributed by atoms with Crippen molar-refractivity contribution in [1.82, 2.24) is 19.3 Å². The molecule has 7 nitrogen and oxygen atoms in total. The molecule has 3 aliphatic heterocycles. The zero-order valence-electron chi connectivity index (χ0n) is 20.4. The first kappa shape index (κ1) is 22.5. The lowest BCUT2D eigenvalue weighted by Crippen LogP contribution is -2.51. The van der Waals surface area contributed by atoms with Crippen molar-refractivity contribution < 1.29 is 4.79 Å². The molecule has 0 amide bonds. The Labute approximate surface area is 206 Å². The van der Waals surface area contributed by atoms with E-state index in [9.17, 15) is 9.59 Å². The maximum absolute atomic E-state index is 12.7. The zero-order chi connectivity index (χ0) is 24.1. The summed E-state index contributed by atoms with van der Waals surface area (Å²) in [6, 6.07) is 13.6. The van der Waals surface area contributed by atoms with Crippen LogP contribution in [-0.2, 0) is 18.4 Å². The number of carbonyl (C=O) groups excluding carboxylic acids is 1. The summed E-state index contributed by atoms with van der Waals surface area (Å²) >= 11 is 0. The molecule has 0 N–H and O–H groups in total. The summed E-state index contributed by atoms with van der Waals surface area (Å²) in [7, 11) is 3.46. The Morgan fingerprint density at radius 3 is 2.74 bits per heavy atom. The highest BCUT2D eigenvalue weighted by molar-refractivity contribution is 6.64. The van der Waals surface area contributed by atoms with E-state index in [-0.39, 0.29) is 5.56 Å². The fraction of sp³-hybridized carbons (Fsp3) is 0.444. The Morgan fingerprint density at radius 2 is 1.94 bits per heavy atom. The third kappa shape index (κ3) is 3.89. The van der Waals surface area contributed by atoms with Crippen LogP contribution in [-0.4, -0.2) is 65.1 Å². The Morgan fingerprint density at radius 1 is 1.11 bits per heavy atom. The maximum atomic E-state index is 12.7. The first-order chi connectivity index (χ1) is 17.0. The number of fused-ring (bicyclic) bond motifs is 4. The number of hydrogen-bond acceptors (Lipinski definition) is 6. The van der Waals surface area contributed by atoms with Crippen molar-refractivity contribution in [3.8, 4) is 0 Å². The molecule has 6 rings (SSSR count). The molecular weight excluding hydrogens is 437 g/mol. The number of nitrogens with zero attached hydrogens (tertiary/aromatic N) is 5. The number of hydrogen-bond donors (Lipinski definition) is 0. The van der Waals surface area contributed by atoms with Crippen LogP contribution in [0, 0.1) is 0 Å². The summed E-state index contributed by atoms with van der Waals surface area (Å²) in [5.41, 5.74) is 6.00. The molecule has 8 heteroatoms. The van der Waals surface area contributed by atoms with Gasteiger partial charge in [0, 0.05) is 50.4 Å². The van der Waals surface area contributed by atoms with Crippen LogP contribution in [0.4, 0.5) is 5.69 Å². The molecular formula is C27H31BN5O2. The zero-order valence-corrected chi connectivity index (χ0v) is 20.4. The standard InChI is InChI=1S/C27H31BN5O2/c1-18-14-31(24-13-26(35)30(2)27-23(24)4-3-9-29-27)16-25-22-6-5-20(12-21(22)15-33(18)25)19-7-10-32(11-8-19)28-17-34/h3-6,9,12-13,17-19,25H,7-8,10-11,14-16H2,1-2H3/t18-,25-/m1/s1. The van der Waals surface area contributed by atoms with Gasteiger partial charge in [0.1, 0.15) is 5.65 Å². The molecule has 2 fully saturated rings. The summed E-state index contributed by atoms with van der Waals surface area (Å²) in [5.74, 6) is 0.558. The number of pyridine rings is 2. The molecule has 0 unspecified atom stereocenters. The maximum Gasteiger partial charge on any atom is 0.293 e. The molecule has 2 saturated heterocycles. The second-order valence-corrected chi connectivity index (χ2v) is 10.3. The molecule has 3 aromatic rings. The Balaban J connectivity index is 1.27. The minimum Gasteiger partial charge on any atom is -0.367 e. The van der Waals surface area contributed by atoms with Gasteiger partial charge in [-0.05, 0) is 67.6 Å². The summed E-state index contributed by atoms with van der Waals surface area (Å²) in [5, 5.41) is 1.03. The number of rotatable bonds is 4. The number of piperidine rings is 1. The minimum absolute atomic E-state index is 0.0189. The van der Waals surface area contributed by atoms with Gasteiger partial charge in [-0.25, -0.2) is 4.98 Å². The summed E-state index contributed by atoms with van der Waals surface area (Å²) in [4.78, 5) is 35.1. The van der Waals surface area contributed by atoms with Crippen molar-refractivity contribution in [2.24, 2.45) is 7.05 Å². The largest absolute Gasteiger partial charge is 0.367 e. The predicted octanol–water partition coefficient (Wildman–Crippen LogP) is 2.69. The molecule has 0 bridgehead atoms. The van der Waals surface area contributed by atoms with Gasteiger partial charge in [0.15, 0.2) is 0 Å². The van der Waals surface area contributed by atoms with E-state index < -0.39 is 0 Å². The van der Waals surface area contributed by atoms with Gasteiger partial charge >= 0.3 is 0 Å². The lowest BCUT2D eigenvalue weighted by atomic mass is 9.83. The van der Waals surface area contributed by atoms with Gasteiger partial charge in [-0.1, -0.05) is 18.2 Å². The van der Waals surface area contributed by atoms with Crippen LogP contribution in [0.5, 0.6) is 0 Å². The molecule has 2 aromatic heterocycles. The van der Waals surface area contributed by atoms with Gasteiger partial charge in [0.05, 0.1) is 17.9 Å². The average Bonchev–Trinajstić information content (AvgIpc) is 3.25. The van der Waals surface area contributed by atoms with E-state index in [1.165, 1.54) is 16.7 Å². The second kappa shape index (κ2) is 8.92. The highest BCUT2D eigenvalue weighted by Crippen LogP contribution is 2.42. The Kier molecular flexibility index (Phi) is 5.73. The van der Waals surface area contributed by atoms with E-state index in [4.69, 9.17) is 0 Å². The molecule has 1 radical (unpaired) electrons. The SMILES string of the molecule is C[C@@H]1CN(c2cc(=O)n(C)c3ncccc23)C[C@@H]2c3ccc(C4CCN([B]C=O)CC4)cc3CN12. The van der Waals surface area contributed by atoms with Gasteiger partial charge < -0.3 is 14.5 Å². The fourth-order valence-electron chi connectivity index (χ4n) is 6.39. The van der Waals surface area contributed by atoms with E-state index in [1.807, 2.05) is 6.07 Å². The lowest BCUT2D eigenvalue weighted by molar-refractivity contribution is 0.134. The summed E-state index contributed by atoms with van der Waals surface area (Å²) < 4.78 is 1.63. The van der Waals surface area contributed by atoms with Crippen LogP contribution in [0.2, 0.25) is 0 Å². The van der Waals surface area contributed by atoms with Crippen LogP contribution in [0.3, 0.4) is 0 Å². The van der Waals surface area contributed by atoms with Crippen molar-refractivity contribution in [3.05, 3.63) is 69.6 Å². The monoisotopic (exact) mass is 468 g/mol. The molecule has 5 heterocycles. The van der Waals surface area contributed by atoms with Crippen molar-refractivity contribution in [3.63, 3.8) is 0 Å². The summed E-state index contributed by atoms with van der Waals surface area (Å²) in [6.07, 6.45) is 4.82. The second-order valence-electron chi connectivity index (χ2n) is 10.3. The van der Waals surface area contributed by atoms with E-state index in [1.54, 1.807) is 31.3 Å². The smallest absolute Gasteiger partial charge is 0.293 e. The molecule has 179 valence electrons. The number of aromatic nitrogens is 2. The first-order valence-electron chi connectivity index (χ1n) is 12.6. The van der Waals surface area contributed by atoms with Crippen LogP contribution in [0.15, 0.2) is 47.4 Å². The van der Waals surface area contributed by atoms with Gasteiger partial charge in [-0.3, -0.25) is 14.3 Å². The van der Waals surface area contributed by atoms with Crippen molar-refractivity contribution in [1.29, 1.82) is 0 Å². The average molecular weight is 468 g/mol. The third-order valence-electron chi connectivity index (χ3n) is 8.31. The van der Waals surface area contributed by atoms with E-state index in [2.05, 4.69) is 50.8 Å². The van der Waals surface area contributed by atoms with Gasteiger partial charge in [0.2, 0.25) is 0 Å². The normalized spacial score (nSPS) is 23.3. The number of benzene rings is 1. The van der Waals surface area contributed by atoms with Crippen LogP contribution in [0.1, 0.15) is 48.4 Å². The van der Waals surface area contributed by atoms with Crippen LogP contribution < -0.4 is 10.5 Å². The number of carbonyl (C=O) groups is 1. The molecule has 2 atom stereocenters. The summed E-state index contributed by atoms with van der Waals surface area (Å²) in [6.45, 7) is 6.93. The number of aryl methyl sites for hydroxylation is 1. The number of anilines is 1. The molecule has 0 spiro atoms. The van der Waals surface area contributed by atoms with Crippen LogP contribution >= 0.6 is 0 Å². The first-order valence-corrected chi connectivity index (χ1v) is 12.6. The lowest BCUT2D eigenvalue weighted by Gasteiger charge is -2.43. The quantitative estimate of drug-likeness (QED) is 0.434. The van der Waals surface area contributed by atoms with Crippen LogP contribution in [0.25, 0.3) is 11.0 Å². The topological polar surface area (TPSA) is 61.7 Å². The van der Waals surface area contributed by atoms with Crippen molar-refractivity contribution >= 4 is 30.3 Å². The third-order valence-corrected chi connectivity index (χ3v) is 8.31. The molecule has 0 aliphatic carbocycles. The highest BCUT2D eigenvalue weighted by Gasteiger charge is 2.39.